The molecular weight excluding hydrogens is 246 g/mol. The highest BCUT2D eigenvalue weighted by Crippen LogP contribution is 2.59. The van der Waals surface area contributed by atoms with E-state index in [1.54, 1.807) is 6.20 Å². The van der Waals surface area contributed by atoms with E-state index in [1.807, 2.05) is 12.1 Å². The molecule has 1 aliphatic heterocycles. The average molecular weight is 261 g/mol. The SMILES string of the molecule is COC1(C=O)C(=O)C12CCN(c1cccnn1)CC2. The minimum atomic E-state index is -1.19. The van der Waals surface area contributed by atoms with Gasteiger partial charge in [-0.1, -0.05) is 0 Å². The summed E-state index contributed by atoms with van der Waals surface area (Å²) < 4.78 is 5.18. The highest BCUT2D eigenvalue weighted by molar-refractivity contribution is 6.23. The fraction of sp³-hybridized carbons (Fsp3) is 0.538. The number of aldehydes is 1. The van der Waals surface area contributed by atoms with Gasteiger partial charge in [-0.3, -0.25) is 9.59 Å². The Bertz CT molecular complexity index is 511. The summed E-state index contributed by atoms with van der Waals surface area (Å²) in [5, 5.41) is 7.90. The summed E-state index contributed by atoms with van der Waals surface area (Å²) in [7, 11) is 1.43. The lowest BCUT2D eigenvalue weighted by molar-refractivity contribution is -0.126. The van der Waals surface area contributed by atoms with Gasteiger partial charge in [-0.15, -0.1) is 5.10 Å². The highest BCUT2D eigenvalue weighted by atomic mass is 16.5. The van der Waals surface area contributed by atoms with Crippen LogP contribution in [0, 0.1) is 5.41 Å². The van der Waals surface area contributed by atoms with Gasteiger partial charge >= 0.3 is 0 Å². The molecule has 1 aliphatic carbocycles. The van der Waals surface area contributed by atoms with Gasteiger partial charge in [0.25, 0.3) is 0 Å². The van der Waals surface area contributed by atoms with Crippen molar-refractivity contribution >= 4 is 17.9 Å². The maximum absolute atomic E-state index is 12.0. The number of methoxy groups -OCH3 is 1. The second-order valence-corrected chi connectivity index (χ2v) is 5.04. The van der Waals surface area contributed by atoms with Crippen LogP contribution in [0.2, 0.25) is 0 Å². The van der Waals surface area contributed by atoms with Crippen LogP contribution in [-0.2, 0) is 14.3 Å². The van der Waals surface area contributed by atoms with Gasteiger partial charge in [0, 0.05) is 26.4 Å². The Labute approximate surface area is 110 Å². The second-order valence-electron chi connectivity index (χ2n) is 5.04. The van der Waals surface area contributed by atoms with E-state index in [-0.39, 0.29) is 5.78 Å². The summed E-state index contributed by atoms with van der Waals surface area (Å²) in [6.07, 6.45) is 3.53. The number of ether oxygens (including phenoxy) is 1. The number of ketones is 1. The summed E-state index contributed by atoms with van der Waals surface area (Å²) >= 11 is 0. The maximum atomic E-state index is 12.0. The first kappa shape index (κ1) is 12.2. The van der Waals surface area contributed by atoms with Crippen LogP contribution < -0.4 is 4.90 Å². The summed E-state index contributed by atoms with van der Waals surface area (Å²) in [4.78, 5) is 25.3. The lowest BCUT2D eigenvalue weighted by atomic mass is 9.89. The third kappa shape index (κ3) is 1.46. The van der Waals surface area contributed by atoms with Crippen molar-refractivity contribution in [3.8, 4) is 0 Å². The Kier molecular flexibility index (Phi) is 2.63. The van der Waals surface area contributed by atoms with Gasteiger partial charge in [-0.2, -0.15) is 5.10 Å². The molecule has 1 atom stereocenters. The summed E-state index contributed by atoms with van der Waals surface area (Å²) in [6, 6.07) is 3.73. The Morgan fingerprint density at radius 2 is 2.16 bits per heavy atom. The predicted octanol–water partition coefficient (Wildman–Crippen LogP) is 0.230. The van der Waals surface area contributed by atoms with Crippen LogP contribution in [0.3, 0.4) is 0 Å². The van der Waals surface area contributed by atoms with E-state index in [2.05, 4.69) is 15.1 Å². The van der Waals surface area contributed by atoms with Crippen LogP contribution >= 0.6 is 0 Å². The van der Waals surface area contributed by atoms with Crippen LogP contribution in [0.5, 0.6) is 0 Å². The first-order chi connectivity index (χ1) is 9.20. The fourth-order valence-electron chi connectivity index (χ4n) is 3.15. The third-order valence-electron chi connectivity index (χ3n) is 4.41. The lowest BCUT2D eigenvalue weighted by Crippen LogP contribution is -2.39. The van der Waals surface area contributed by atoms with E-state index in [0.29, 0.717) is 32.2 Å². The third-order valence-corrected chi connectivity index (χ3v) is 4.41. The Balaban J connectivity index is 1.75. The molecule has 0 amide bonds. The van der Waals surface area contributed by atoms with E-state index in [9.17, 15) is 9.59 Å². The molecule has 1 aromatic rings. The standard InChI is InChI=1S/C13H15N3O3/c1-19-13(9-17)11(18)12(13)4-7-16(8-5-12)10-3-2-6-14-15-10/h2-3,6,9H,4-5,7-8H2,1H3. The van der Waals surface area contributed by atoms with Crippen molar-refractivity contribution in [3.05, 3.63) is 18.3 Å². The molecule has 3 rings (SSSR count). The summed E-state index contributed by atoms with van der Waals surface area (Å²) in [5.74, 6) is 0.732. The van der Waals surface area contributed by atoms with E-state index in [1.165, 1.54) is 7.11 Å². The number of Topliss-reactive ketones (excluding diaryl/α,β-unsaturated/α-hetero) is 1. The molecule has 1 saturated heterocycles. The van der Waals surface area contributed by atoms with Gasteiger partial charge in [-0.05, 0) is 25.0 Å². The van der Waals surface area contributed by atoms with Crippen molar-refractivity contribution in [3.63, 3.8) is 0 Å². The number of piperidine rings is 1. The lowest BCUT2D eigenvalue weighted by Gasteiger charge is -2.32. The summed E-state index contributed by atoms with van der Waals surface area (Å²) in [6.45, 7) is 1.37. The van der Waals surface area contributed by atoms with Crippen molar-refractivity contribution in [1.29, 1.82) is 0 Å². The van der Waals surface area contributed by atoms with Crippen molar-refractivity contribution in [2.24, 2.45) is 5.41 Å². The van der Waals surface area contributed by atoms with E-state index in [0.717, 1.165) is 5.82 Å². The smallest absolute Gasteiger partial charge is 0.194 e. The van der Waals surface area contributed by atoms with Crippen molar-refractivity contribution in [2.75, 3.05) is 25.1 Å². The normalized spacial score (nSPS) is 28.5. The molecule has 1 aromatic heterocycles. The van der Waals surface area contributed by atoms with E-state index in [4.69, 9.17) is 4.74 Å². The average Bonchev–Trinajstić information content (AvgIpc) is 2.98. The number of hydrogen-bond donors (Lipinski definition) is 0. The number of carbonyl (C=O) groups excluding carboxylic acids is 2. The van der Waals surface area contributed by atoms with Crippen molar-refractivity contribution < 1.29 is 14.3 Å². The topological polar surface area (TPSA) is 72.4 Å². The molecule has 0 bridgehead atoms. The minimum absolute atomic E-state index is 0.0729. The molecule has 1 saturated carbocycles. The first-order valence-electron chi connectivity index (χ1n) is 6.29. The molecule has 0 aromatic carbocycles. The number of nitrogens with zero attached hydrogens (tertiary/aromatic N) is 3. The molecular formula is C13H15N3O3. The molecule has 0 radical (unpaired) electrons. The van der Waals surface area contributed by atoms with Gasteiger partial charge in [0.1, 0.15) is 0 Å². The van der Waals surface area contributed by atoms with Gasteiger partial charge < -0.3 is 9.64 Å². The number of anilines is 1. The fourth-order valence-corrected chi connectivity index (χ4v) is 3.15. The molecule has 1 spiro atoms. The molecule has 19 heavy (non-hydrogen) atoms. The highest BCUT2D eigenvalue weighted by Gasteiger charge is 2.78. The van der Waals surface area contributed by atoms with Crippen LogP contribution in [0.4, 0.5) is 5.82 Å². The molecule has 2 heterocycles. The molecule has 100 valence electrons. The zero-order chi connectivity index (χ0) is 13.5. The zero-order valence-corrected chi connectivity index (χ0v) is 10.7. The Morgan fingerprint density at radius 1 is 1.42 bits per heavy atom. The zero-order valence-electron chi connectivity index (χ0n) is 10.7. The number of aromatic nitrogens is 2. The molecule has 1 unspecified atom stereocenters. The monoisotopic (exact) mass is 261 g/mol. The van der Waals surface area contributed by atoms with Crippen molar-refractivity contribution in [1.82, 2.24) is 10.2 Å². The Hall–Kier alpha value is -1.82. The molecule has 0 N–H and O–H groups in total. The van der Waals surface area contributed by atoms with Gasteiger partial charge in [0.2, 0.25) is 0 Å². The van der Waals surface area contributed by atoms with Crippen LogP contribution in [0.15, 0.2) is 18.3 Å². The largest absolute Gasteiger partial charge is 0.362 e. The first-order valence-corrected chi connectivity index (χ1v) is 6.29. The van der Waals surface area contributed by atoms with Gasteiger partial charge in [0.05, 0.1) is 5.41 Å². The quantitative estimate of drug-likeness (QED) is 0.573. The maximum Gasteiger partial charge on any atom is 0.194 e. The van der Waals surface area contributed by atoms with E-state index >= 15 is 0 Å². The molecule has 2 fully saturated rings. The predicted molar refractivity (Wildman–Crippen MR) is 66.7 cm³/mol. The number of carbonyl (C=O) groups is 2. The summed E-state index contributed by atoms with van der Waals surface area (Å²) in [5.41, 5.74) is -1.80. The minimum Gasteiger partial charge on any atom is -0.362 e. The van der Waals surface area contributed by atoms with E-state index < -0.39 is 11.0 Å². The van der Waals surface area contributed by atoms with Crippen LogP contribution in [0.1, 0.15) is 12.8 Å². The van der Waals surface area contributed by atoms with Crippen molar-refractivity contribution in [2.45, 2.75) is 18.4 Å². The molecule has 6 nitrogen and oxygen atoms in total. The molecule has 2 aliphatic rings. The number of rotatable bonds is 3. The Morgan fingerprint density at radius 3 is 2.63 bits per heavy atom. The van der Waals surface area contributed by atoms with Crippen LogP contribution in [0.25, 0.3) is 0 Å². The molecule has 6 heteroatoms. The van der Waals surface area contributed by atoms with Gasteiger partial charge in [-0.25, -0.2) is 0 Å². The van der Waals surface area contributed by atoms with Crippen LogP contribution in [-0.4, -0.2) is 48.1 Å². The van der Waals surface area contributed by atoms with Gasteiger partial charge in [0.15, 0.2) is 23.5 Å². The number of hydrogen-bond acceptors (Lipinski definition) is 6. The second kappa shape index (κ2) is 4.09.